The number of carbonyl (C=O) groups is 1. The third-order valence-corrected chi connectivity index (χ3v) is 7.34. The Morgan fingerprint density at radius 3 is 2.84 bits per heavy atom. The topological polar surface area (TPSA) is 58.1 Å². The van der Waals surface area contributed by atoms with Crippen LogP contribution in [0.1, 0.15) is 32.3 Å². The van der Waals surface area contributed by atoms with Crippen LogP contribution in [0.3, 0.4) is 0 Å². The van der Waals surface area contributed by atoms with Gasteiger partial charge < -0.3 is 5.32 Å². The number of likely N-dealkylation sites (tertiary alicyclic amines) is 1. The lowest BCUT2D eigenvalue weighted by Crippen LogP contribution is -2.50. The Morgan fingerprint density at radius 2 is 2.12 bits per heavy atom. The molecule has 0 aromatic carbocycles. The van der Waals surface area contributed by atoms with Crippen LogP contribution in [0.15, 0.2) is 11.4 Å². The average Bonchev–Trinajstić information content (AvgIpc) is 3.22. The van der Waals surface area contributed by atoms with Crippen molar-refractivity contribution < 1.29 is 4.79 Å². The van der Waals surface area contributed by atoms with Gasteiger partial charge in [-0.25, -0.2) is 9.97 Å². The highest BCUT2D eigenvalue weighted by Crippen LogP contribution is 2.37. The van der Waals surface area contributed by atoms with Crippen molar-refractivity contribution in [1.29, 1.82) is 0 Å². The molecule has 3 rings (SSSR count). The number of hydrogen-bond acceptors (Lipinski definition) is 6. The van der Waals surface area contributed by atoms with Gasteiger partial charge in [0.1, 0.15) is 11.4 Å². The highest BCUT2D eigenvalue weighted by molar-refractivity contribution is 8.00. The lowest BCUT2D eigenvalue weighted by atomic mass is 10.0. The van der Waals surface area contributed by atoms with Crippen LogP contribution in [-0.2, 0) is 4.79 Å². The molecule has 0 saturated carbocycles. The molecule has 1 saturated heterocycles. The predicted molar refractivity (Wildman–Crippen MR) is 106 cm³/mol. The van der Waals surface area contributed by atoms with E-state index >= 15 is 0 Å². The Hall–Kier alpha value is -0.890. The average molecular weight is 399 g/mol. The maximum atomic E-state index is 12.3. The first-order chi connectivity index (χ1) is 11.9. The number of fused-ring (bicyclic) bond motifs is 1. The van der Waals surface area contributed by atoms with Crippen LogP contribution in [0.4, 0.5) is 0 Å². The highest BCUT2D eigenvalue weighted by Gasteiger charge is 2.29. The summed E-state index contributed by atoms with van der Waals surface area (Å²) in [5.74, 6) is 0.375. The van der Waals surface area contributed by atoms with Gasteiger partial charge in [-0.05, 0) is 46.7 Å². The molecule has 0 spiro atoms. The van der Waals surface area contributed by atoms with Gasteiger partial charge in [0.15, 0.2) is 0 Å². The molecular formula is C17H23ClN4OS2. The van der Waals surface area contributed by atoms with Gasteiger partial charge in [0.25, 0.3) is 0 Å². The summed E-state index contributed by atoms with van der Waals surface area (Å²) in [7, 11) is 0. The molecule has 25 heavy (non-hydrogen) atoms. The standard InChI is InChI=1S/C17H23ClN4OS2/c1-11-13-14(25-15(11)18)16(21-10-20-13)24-8-12(23)19-9-17(2,3)22-6-4-5-7-22/h10H,4-9H2,1-3H3,(H,19,23). The number of hydrogen-bond donors (Lipinski definition) is 1. The molecule has 1 aliphatic rings. The largest absolute Gasteiger partial charge is 0.354 e. The minimum atomic E-state index is -0.00258. The zero-order valence-electron chi connectivity index (χ0n) is 14.8. The first kappa shape index (κ1) is 18.9. The summed E-state index contributed by atoms with van der Waals surface area (Å²) in [6.45, 7) is 9.24. The third kappa shape index (κ3) is 4.27. The number of thiophene rings is 1. The van der Waals surface area contributed by atoms with Gasteiger partial charge in [0.05, 0.1) is 20.3 Å². The number of nitrogens with zero attached hydrogens (tertiary/aromatic N) is 3. The number of thioether (sulfide) groups is 1. The first-order valence-electron chi connectivity index (χ1n) is 8.42. The minimum Gasteiger partial charge on any atom is -0.354 e. The Morgan fingerprint density at radius 1 is 1.40 bits per heavy atom. The fourth-order valence-electron chi connectivity index (χ4n) is 3.01. The molecular weight excluding hydrogens is 376 g/mol. The molecule has 136 valence electrons. The highest BCUT2D eigenvalue weighted by atomic mass is 35.5. The Balaban J connectivity index is 1.57. The van der Waals surface area contributed by atoms with Crippen LogP contribution in [0, 0.1) is 6.92 Å². The SMILES string of the molecule is Cc1c(Cl)sc2c(SCC(=O)NCC(C)(C)N3CCCC3)ncnc12. The summed E-state index contributed by atoms with van der Waals surface area (Å²) in [6, 6.07) is 0. The summed E-state index contributed by atoms with van der Waals surface area (Å²) in [4.78, 5) is 23.3. The van der Waals surface area contributed by atoms with Gasteiger partial charge in [-0.3, -0.25) is 9.69 Å². The maximum absolute atomic E-state index is 12.3. The van der Waals surface area contributed by atoms with E-state index in [0.29, 0.717) is 12.3 Å². The normalized spacial score (nSPS) is 15.8. The molecule has 0 unspecified atom stereocenters. The zero-order chi connectivity index (χ0) is 18.0. The number of carbonyl (C=O) groups excluding carboxylic acids is 1. The third-order valence-electron chi connectivity index (χ3n) is 4.63. The number of aryl methyl sites for hydroxylation is 1. The molecule has 2 aromatic heterocycles. The molecule has 1 fully saturated rings. The van der Waals surface area contributed by atoms with Crippen molar-refractivity contribution in [1.82, 2.24) is 20.2 Å². The zero-order valence-corrected chi connectivity index (χ0v) is 17.2. The molecule has 2 aromatic rings. The van der Waals surface area contributed by atoms with Crippen LogP contribution in [0.5, 0.6) is 0 Å². The van der Waals surface area contributed by atoms with Crippen LogP contribution in [-0.4, -0.2) is 51.7 Å². The van der Waals surface area contributed by atoms with Gasteiger partial charge >= 0.3 is 0 Å². The molecule has 5 nitrogen and oxygen atoms in total. The molecule has 0 bridgehead atoms. The van der Waals surface area contributed by atoms with Crippen molar-refractivity contribution in [3.63, 3.8) is 0 Å². The summed E-state index contributed by atoms with van der Waals surface area (Å²) in [5.41, 5.74) is 1.85. The lowest BCUT2D eigenvalue weighted by molar-refractivity contribution is -0.119. The molecule has 1 amide bonds. The Bertz CT molecular complexity index is 771. The smallest absolute Gasteiger partial charge is 0.230 e. The van der Waals surface area contributed by atoms with E-state index in [2.05, 4.69) is 34.0 Å². The van der Waals surface area contributed by atoms with Crippen LogP contribution in [0.25, 0.3) is 10.2 Å². The van der Waals surface area contributed by atoms with Gasteiger partial charge in [-0.2, -0.15) is 0 Å². The van der Waals surface area contributed by atoms with Gasteiger partial charge in [-0.15, -0.1) is 11.3 Å². The molecule has 1 N–H and O–H groups in total. The second kappa shape index (κ2) is 7.78. The van der Waals surface area contributed by atoms with Gasteiger partial charge in [-0.1, -0.05) is 23.4 Å². The van der Waals surface area contributed by atoms with Crippen LogP contribution >= 0.6 is 34.7 Å². The van der Waals surface area contributed by atoms with E-state index in [0.717, 1.165) is 38.2 Å². The van der Waals surface area contributed by atoms with Crippen molar-refractivity contribution in [2.75, 3.05) is 25.4 Å². The number of aromatic nitrogens is 2. The van der Waals surface area contributed by atoms with Crippen LogP contribution < -0.4 is 5.32 Å². The summed E-state index contributed by atoms with van der Waals surface area (Å²) in [5, 5.41) is 3.89. The maximum Gasteiger partial charge on any atom is 0.230 e. The molecule has 1 aliphatic heterocycles. The van der Waals surface area contributed by atoms with Crippen molar-refractivity contribution >= 4 is 50.8 Å². The summed E-state index contributed by atoms with van der Waals surface area (Å²) in [6.07, 6.45) is 4.04. The summed E-state index contributed by atoms with van der Waals surface area (Å²) < 4.78 is 1.69. The van der Waals surface area contributed by atoms with E-state index in [1.165, 1.54) is 42.3 Å². The van der Waals surface area contributed by atoms with Crippen molar-refractivity contribution in [2.45, 2.75) is 44.2 Å². The van der Waals surface area contributed by atoms with Crippen molar-refractivity contribution in [2.24, 2.45) is 0 Å². The predicted octanol–water partition coefficient (Wildman–Crippen LogP) is 3.74. The first-order valence-corrected chi connectivity index (χ1v) is 10.6. The second-order valence-corrected chi connectivity index (χ2v) is 9.52. The molecule has 3 heterocycles. The molecule has 0 aliphatic carbocycles. The van der Waals surface area contributed by atoms with E-state index in [-0.39, 0.29) is 11.4 Å². The van der Waals surface area contributed by atoms with Gasteiger partial charge in [0.2, 0.25) is 5.91 Å². The van der Waals surface area contributed by atoms with Gasteiger partial charge in [0, 0.05) is 17.6 Å². The molecule has 0 atom stereocenters. The molecule has 0 radical (unpaired) electrons. The number of amides is 1. The fourth-order valence-corrected chi connectivity index (χ4v) is 5.23. The fraction of sp³-hybridized carbons (Fsp3) is 0.588. The van der Waals surface area contributed by atoms with E-state index in [1.54, 1.807) is 0 Å². The number of halogens is 1. The quantitative estimate of drug-likeness (QED) is 0.593. The Kier molecular flexibility index (Phi) is 5.88. The lowest BCUT2D eigenvalue weighted by Gasteiger charge is -2.35. The van der Waals surface area contributed by atoms with Crippen molar-refractivity contribution in [3.05, 3.63) is 16.2 Å². The minimum absolute atomic E-state index is 0.00258. The second-order valence-electron chi connectivity index (χ2n) is 6.93. The van der Waals surface area contributed by atoms with E-state index in [4.69, 9.17) is 11.6 Å². The number of nitrogens with one attached hydrogen (secondary N) is 1. The Labute approximate surface area is 161 Å². The molecule has 8 heteroatoms. The summed E-state index contributed by atoms with van der Waals surface area (Å²) >= 11 is 9.12. The monoisotopic (exact) mass is 398 g/mol. The van der Waals surface area contributed by atoms with Crippen LogP contribution in [0.2, 0.25) is 4.34 Å². The van der Waals surface area contributed by atoms with E-state index in [9.17, 15) is 4.79 Å². The van der Waals surface area contributed by atoms with E-state index in [1.807, 2.05) is 6.92 Å². The van der Waals surface area contributed by atoms with E-state index < -0.39 is 0 Å². The number of rotatable bonds is 6. The van der Waals surface area contributed by atoms with Crippen molar-refractivity contribution in [3.8, 4) is 0 Å².